The summed E-state index contributed by atoms with van der Waals surface area (Å²) in [7, 11) is -1.67. The molecule has 1 rings (SSSR count). The molecule has 0 unspecified atom stereocenters. The van der Waals surface area contributed by atoms with Gasteiger partial charge in [0.15, 0.2) is 0 Å². The van der Waals surface area contributed by atoms with E-state index in [9.17, 15) is 10.1 Å². The van der Waals surface area contributed by atoms with Gasteiger partial charge in [0.05, 0.1) is 4.92 Å². The number of nitro groups is 1. The van der Waals surface area contributed by atoms with E-state index in [4.69, 9.17) is 4.43 Å². The molecular formula is C11H18N2O3Si. The largest absolute Gasteiger partial charge is 0.416 e. The van der Waals surface area contributed by atoms with Crippen molar-refractivity contribution in [3.05, 3.63) is 34.4 Å². The number of rotatable bonds is 6. The first-order valence-electron chi connectivity index (χ1n) is 5.57. The Labute approximate surface area is 102 Å². The molecule has 0 aliphatic rings. The highest BCUT2D eigenvalue weighted by atomic mass is 28.4. The number of nitrogens with zero attached hydrogens (tertiary/aromatic N) is 1. The van der Waals surface area contributed by atoms with Gasteiger partial charge in [-0.05, 0) is 32.2 Å². The average molecular weight is 254 g/mol. The maximum absolute atomic E-state index is 10.5. The Balaban J connectivity index is 2.55. The molecule has 0 saturated heterocycles. The normalized spacial score (nSPS) is 11.2. The summed E-state index contributed by atoms with van der Waals surface area (Å²) in [6.45, 7) is 6.98. The van der Waals surface area contributed by atoms with Gasteiger partial charge in [-0.2, -0.15) is 0 Å². The third kappa shape index (κ3) is 4.54. The molecule has 0 radical (unpaired) electrons. The van der Waals surface area contributed by atoms with Crippen molar-refractivity contribution in [2.75, 3.05) is 18.1 Å². The minimum atomic E-state index is -1.67. The fourth-order valence-corrected chi connectivity index (χ4v) is 2.97. The maximum atomic E-state index is 10.5. The Morgan fingerprint density at radius 3 is 2.41 bits per heavy atom. The van der Waals surface area contributed by atoms with Crippen molar-refractivity contribution in [3.8, 4) is 0 Å². The monoisotopic (exact) mass is 254 g/mol. The Bertz CT molecular complexity index is 379. The van der Waals surface area contributed by atoms with Gasteiger partial charge in [-0.25, -0.2) is 0 Å². The van der Waals surface area contributed by atoms with E-state index in [1.807, 2.05) is 6.92 Å². The first-order valence-corrected chi connectivity index (χ1v) is 8.68. The second-order valence-corrected chi connectivity index (χ2v) is 8.51. The first-order chi connectivity index (χ1) is 7.94. The molecule has 1 N–H and O–H groups in total. The summed E-state index contributed by atoms with van der Waals surface area (Å²) in [5.41, 5.74) is 0.993. The van der Waals surface area contributed by atoms with Gasteiger partial charge in [0.2, 0.25) is 8.32 Å². The van der Waals surface area contributed by atoms with Crippen molar-refractivity contribution in [2.24, 2.45) is 0 Å². The van der Waals surface area contributed by atoms with Crippen LogP contribution in [0.25, 0.3) is 0 Å². The number of non-ortho nitro benzene ring substituents is 1. The second kappa shape index (κ2) is 5.79. The van der Waals surface area contributed by atoms with Crippen LogP contribution >= 0.6 is 0 Å². The lowest BCUT2D eigenvalue weighted by atomic mass is 10.3. The molecule has 5 nitrogen and oxygen atoms in total. The zero-order valence-electron chi connectivity index (χ0n) is 10.4. The summed E-state index contributed by atoms with van der Waals surface area (Å²) in [4.78, 5) is 10.1. The van der Waals surface area contributed by atoms with E-state index in [1.165, 1.54) is 12.1 Å². The van der Waals surface area contributed by atoms with Gasteiger partial charge in [-0.15, -0.1) is 0 Å². The predicted octanol–water partition coefficient (Wildman–Crippen LogP) is 2.79. The van der Waals surface area contributed by atoms with Crippen LogP contribution in [0, 0.1) is 10.1 Å². The molecule has 0 spiro atoms. The summed E-state index contributed by atoms with van der Waals surface area (Å²) >= 11 is 0. The van der Waals surface area contributed by atoms with Crippen LogP contribution in [0.3, 0.4) is 0 Å². The van der Waals surface area contributed by atoms with Crippen molar-refractivity contribution < 1.29 is 9.35 Å². The maximum Gasteiger partial charge on any atom is 0.269 e. The molecule has 0 fully saturated rings. The Hall–Kier alpha value is -1.40. The molecule has 0 aliphatic heterocycles. The Morgan fingerprint density at radius 2 is 1.94 bits per heavy atom. The number of hydrogen-bond donors (Lipinski definition) is 1. The van der Waals surface area contributed by atoms with Crippen LogP contribution in [-0.2, 0) is 4.43 Å². The molecule has 0 saturated carbocycles. The lowest BCUT2D eigenvalue weighted by molar-refractivity contribution is -0.384. The van der Waals surface area contributed by atoms with E-state index >= 15 is 0 Å². The molecule has 0 atom stereocenters. The van der Waals surface area contributed by atoms with Gasteiger partial charge >= 0.3 is 0 Å². The van der Waals surface area contributed by atoms with Crippen LogP contribution in [0.15, 0.2) is 24.3 Å². The molecule has 0 aromatic heterocycles. The third-order valence-corrected chi connectivity index (χ3v) is 4.43. The molecule has 0 amide bonds. The standard InChI is InChI=1S/C11H18N2O3Si/c1-4-16-17(2,3)9-12-10-5-7-11(8-6-10)13(14)15/h5-8,12H,4,9H2,1-3H3. The number of nitro benzene ring substituents is 1. The summed E-state index contributed by atoms with van der Waals surface area (Å²) in [5, 5.41) is 13.7. The van der Waals surface area contributed by atoms with Crippen molar-refractivity contribution >= 4 is 19.7 Å². The van der Waals surface area contributed by atoms with Crippen LogP contribution in [-0.4, -0.2) is 26.0 Å². The van der Waals surface area contributed by atoms with Crippen LogP contribution in [0.4, 0.5) is 11.4 Å². The van der Waals surface area contributed by atoms with Crippen LogP contribution in [0.1, 0.15) is 6.92 Å². The van der Waals surface area contributed by atoms with Crippen LogP contribution < -0.4 is 5.32 Å². The highest BCUT2D eigenvalue weighted by Gasteiger charge is 2.21. The Kier molecular flexibility index (Phi) is 4.65. The third-order valence-electron chi connectivity index (χ3n) is 2.33. The molecule has 0 aliphatic carbocycles. The van der Waals surface area contributed by atoms with Crippen molar-refractivity contribution in [1.82, 2.24) is 0 Å². The van der Waals surface area contributed by atoms with Crippen LogP contribution in [0.5, 0.6) is 0 Å². The van der Waals surface area contributed by atoms with E-state index < -0.39 is 13.2 Å². The van der Waals surface area contributed by atoms with Crippen molar-refractivity contribution in [1.29, 1.82) is 0 Å². The molecule has 94 valence electrons. The molecule has 0 heterocycles. The predicted molar refractivity (Wildman–Crippen MR) is 70.7 cm³/mol. The minimum Gasteiger partial charge on any atom is -0.416 e. The van der Waals surface area contributed by atoms with Gasteiger partial charge in [-0.1, -0.05) is 0 Å². The van der Waals surface area contributed by atoms with E-state index in [-0.39, 0.29) is 5.69 Å². The lowest BCUT2D eigenvalue weighted by Crippen LogP contribution is -2.39. The Morgan fingerprint density at radius 1 is 1.35 bits per heavy atom. The van der Waals surface area contributed by atoms with E-state index in [2.05, 4.69) is 18.4 Å². The molecule has 6 heteroatoms. The molecule has 1 aromatic carbocycles. The first kappa shape index (κ1) is 13.7. The summed E-state index contributed by atoms with van der Waals surface area (Å²) in [5.74, 6) is 0. The zero-order valence-corrected chi connectivity index (χ0v) is 11.4. The fraction of sp³-hybridized carbons (Fsp3) is 0.455. The van der Waals surface area contributed by atoms with Crippen molar-refractivity contribution in [3.63, 3.8) is 0 Å². The topological polar surface area (TPSA) is 64.4 Å². The zero-order chi connectivity index (χ0) is 12.9. The van der Waals surface area contributed by atoms with E-state index in [0.29, 0.717) is 0 Å². The highest BCUT2D eigenvalue weighted by Crippen LogP contribution is 2.16. The van der Waals surface area contributed by atoms with E-state index in [1.54, 1.807) is 12.1 Å². The SMILES string of the molecule is CCO[Si](C)(C)CNc1ccc([N+](=O)[O-])cc1. The fourth-order valence-electron chi connectivity index (χ4n) is 1.46. The minimum absolute atomic E-state index is 0.108. The number of hydrogen-bond acceptors (Lipinski definition) is 4. The van der Waals surface area contributed by atoms with Gasteiger partial charge in [-0.3, -0.25) is 10.1 Å². The van der Waals surface area contributed by atoms with Gasteiger partial charge in [0, 0.05) is 30.6 Å². The molecule has 17 heavy (non-hydrogen) atoms. The van der Waals surface area contributed by atoms with Crippen LogP contribution in [0.2, 0.25) is 13.1 Å². The van der Waals surface area contributed by atoms with Gasteiger partial charge < -0.3 is 9.74 Å². The average Bonchev–Trinajstić information content (AvgIpc) is 2.27. The summed E-state index contributed by atoms with van der Waals surface area (Å²) < 4.78 is 5.68. The molecule has 1 aromatic rings. The smallest absolute Gasteiger partial charge is 0.269 e. The van der Waals surface area contributed by atoms with E-state index in [0.717, 1.165) is 18.5 Å². The summed E-state index contributed by atoms with van der Waals surface area (Å²) in [6, 6.07) is 6.43. The quantitative estimate of drug-likeness (QED) is 0.481. The molecular weight excluding hydrogens is 236 g/mol. The summed E-state index contributed by atoms with van der Waals surface area (Å²) in [6.07, 6.45) is 0.790. The number of anilines is 1. The van der Waals surface area contributed by atoms with Gasteiger partial charge in [0.25, 0.3) is 5.69 Å². The molecule has 0 bridgehead atoms. The highest BCUT2D eigenvalue weighted by molar-refractivity contribution is 6.71. The number of nitrogens with one attached hydrogen (secondary N) is 1. The lowest BCUT2D eigenvalue weighted by Gasteiger charge is -2.22. The number of benzene rings is 1. The van der Waals surface area contributed by atoms with Crippen molar-refractivity contribution in [2.45, 2.75) is 20.0 Å². The second-order valence-electron chi connectivity index (χ2n) is 4.35. The van der Waals surface area contributed by atoms with Gasteiger partial charge in [0.1, 0.15) is 0 Å².